The molecule has 1 N–H and O–H groups in total. The Bertz CT molecular complexity index is 454. The topological polar surface area (TPSA) is 50.9 Å². The van der Waals surface area contributed by atoms with Crippen molar-refractivity contribution in [2.24, 2.45) is 7.05 Å². The van der Waals surface area contributed by atoms with Gasteiger partial charge in [-0.25, -0.2) is 4.98 Å². The smallest absolute Gasteiger partial charge is 0.138 e. The standard InChI is InChI=1S/C9H10ClN3OS/c1-13-9(11-5-12-13)4-6(14)7-2-3-8(10)15-7/h2-3,5-6,14H,4H2,1H3. The lowest BCUT2D eigenvalue weighted by molar-refractivity contribution is 0.178. The highest BCUT2D eigenvalue weighted by Crippen LogP contribution is 2.28. The lowest BCUT2D eigenvalue weighted by Crippen LogP contribution is -2.06. The quantitative estimate of drug-likeness (QED) is 0.895. The average molecular weight is 244 g/mol. The Morgan fingerprint density at radius 3 is 2.93 bits per heavy atom. The van der Waals surface area contributed by atoms with Crippen molar-refractivity contribution in [3.8, 4) is 0 Å². The summed E-state index contributed by atoms with van der Waals surface area (Å²) in [5.74, 6) is 0.757. The van der Waals surface area contributed by atoms with Gasteiger partial charge in [-0.2, -0.15) is 5.10 Å². The van der Waals surface area contributed by atoms with Crippen LogP contribution in [0.3, 0.4) is 0 Å². The largest absolute Gasteiger partial charge is 0.387 e. The predicted molar refractivity (Wildman–Crippen MR) is 59.0 cm³/mol. The zero-order chi connectivity index (χ0) is 10.8. The van der Waals surface area contributed by atoms with Gasteiger partial charge in [0, 0.05) is 18.3 Å². The lowest BCUT2D eigenvalue weighted by Gasteiger charge is -2.06. The van der Waals surface area contributed by atoms with Crippen LogP contribution in [0.25, 0.3) is 0 Å². The molecule has 2 heterocycles. The highest BCUT2D eigenvalue weighted by atomic mass is 35.5. The number of nitrogens with zero attached hydrogens (tertiary/aromatic N) is 3. The van der Waals surface area contributed by atoms with Crippen LogP contribution in [0.1, 0.15) is 16.8 Å². The van der Waals surface area contributed by atoms with Crippen molar-refractivity contribution in [2.45, 2.75) is 12.5 Å². The molecule has 2 aromatic heterocycles. The zero-order valence-corrected chi connectivity index (χ0v) is 9.66. The van der Waals surface area contributed by atoms with Crippen molar-refractivity contribution in [3.05, 3.63) is 33.5 Å². The average Bonchev–Trinajstić information content (AvgIpc) is 2.77. The number of aliphatic hydroxyl groups is 1. The summed E-state index contributed by atoms with van der Waals surface area (Å²) in [6, 6.07) is 3.61. The molecule has 0 aliphatic rings. The van der Waals surface area contributed by atoms with E-state index in [-0.39, 0.29) is 0 Å². The van der Waals surface area contributed by atoms with E-state index >= 15 is 0 Å². The number of hydrogen-bond donors (Lipinski definition) is 1. The molecule has 1 atom stereocenters. The van der Waals surface area contributed by atoms with Crippen LogP contribution in [-0.4, -0.2) is 19.9 Å². The molecule has 0 saturated heterocycles. The first-order valence-electron chi connectivity index (χ1n) is 4.43. The van der Waals surface area contributed by atoms with Crippen LogP contribution in [-0.2, 0) is 13.5 Å². The molecule has 15 heavy (non-hydrogen) atoms. The highest BCUT2D eigenvalue weighted by Gasteiger charge is 2.13. The highest BCUT2D eigenvalue weighted by molar-refractivity contribution is 7.16. The summed E-state index contributed by atoms with van der Waals surface area (Å²) in [5, 5.41) is 13.8. The van der Waals surface area contributed by atoms with Crippen LogP contribution in [0, 0.1) is 0 Å². The molecular formula is C9H10ClN3OS. The number of aliphatic hydroxyl groups excluding tert-OH is 1. The van der Waals surface area contributed by atoms with E-state index in [9.17, 15) is 5.11 Å². The molecule has 6 heteroatoms. The second kappa shape index (κ2) is 4.30. The molecule has 2 aromatic rings. The summed E-state index contributed by atoms with van der Waals surface area (Å²) < 4.78 is 2.33. The van der Waals surface area contributed by atoms with Crippen LogP contribution in [0.5, 0.6) is 0 Å². The Hall–Kier alpha value is -0.910. The summed E-state index contributed by atoms with van der Waals surface area (Å²) in [7, 11) is 1.80. The van der Waals surface area contributed by atoms with Crippen molar-refractivity contribution in [3.63, 3.8) is 0 Å². The van der Waals surface area contributed by atoms with E-state index in [1.165, 1.54) is 17.7 Å². The summed E-state index contributed by atoms with van der Waals surface area (Å²) in [5.41, 5.74) is 0. The van der Waals surface area contributed by atoms with E-state index in [1.807, 2.05) is 6.07 Å². The van der Waals surface area contributed by atoms with Crippen molar-refractivity contribution in [2.75, 3.05) is 0 Å². The van der Waals surface area contributed by atoms with E-state index in [2.05, 4.69) is 10.1 Å². The molecule has 2 rings (SSSR count). The fourth-order valence-corrected chi connectivity index (χ4v) is 2.33. The van der Waals surface area contributed by atoms with Gasteiger partial charge in [-0.05, 0) is 12.1 Å². The maximum atomic E-state index is 9.90. The Morgan fingerprint density at radius 2 is 2.40 bits per heavy atom. The molecule has 0 fully saturated rings. The van der Waals surface area contributed by atoms with Gasteiger partial charge in [-0.15, -0.1) is 11.3 Å². The molecule has 1 unspecified atom stereocenters. The van der Waals surface area contributed by atoms with Gasteiger partial charge >= 0.3 is 0 Å². The number of aromatic nitrogens is 3. The van der Waals surface area contributed by atoms with Crippen LogP contribution in [0.4, 0.5) is 0 Å². The molecule has 0 aliphatic carbocycles. The molecule has 0 bridgehead atoms. The maximum absolute atomic E-state index is 9.90. The van der Waals surface area contributed by atoms with Gasteiger partial charge < -0.3 is 5.11 Å². The second-order valence-electron chi connectivity index (χ2n) is 3.16. The molecule has 0 spiro atoms. The van der Waals surface area contributed by atoms with Crippen molar-refractivity contribution >= 4 is 22.9 Å². The first-order valence-corrected chi connectivity index (χ1v) is 5.62. The number of rotatable bonds is 3. The van der Waals surface area contributed by atoms with Crippen LogP contribution in [0.2, 0.25) is 4.34 Å². The summed E-state index contributed by atoms with van der Waals surface area (Å²) >= 11 is 7.17. The van der Waals surface area contributed by atoms with E-state index in [4.69, 9.17) is 11.6 Å². The minimum atomic E-state index is -0.564. The third-order valence-electron chi connectivity index (χ3n) is 2.10. The van der Waals surface area contributed by atoms with Gasteiger partial charge in [0.05, 0.1) is 10.4 Å². The van der Waals surface area contributed by atoms with Gasteiger partial charge in [-0.1, -0.05) is 11.6 Å². The first-order chi connectivity index (χ1) is 7.16. The van der Waals surface area contributed by atoms with Crippen molar-refractivity contribution in [1.82, 2.24) is 14.8 Å². The van der Waals surface area contributed by atoms with Gasteiger partial charge in [0.2, 0.25) is 0 Å². The van der Waals surface area contributed by atoms with Gasteiger partial charge in [0.25, 0.3) is 0 Å². The molecule has 0 amide bonds. The van der Waals surface area contributed by atoms with Gasteiger partial charge in [0.1, 0.15) is 12.2 Å². The Morgan fingerprint density at radius 1 is 1.60 bits per heavy atom. The monoisotopic (exact) mass is 243 g/mol. The summed E-state index contributed by atoms with van der Waals surface area (Å²) in [6.45, 7) is 0. The SMILES string of the molecule is Cn1ncnc1CC(O)c1ccc(Cl)s1. The first kappa shape index (κ1) is 10.6. The summed E-state index contributed by atoms with van der Waals surface area (Å²) in [6.07, 6.45) is 1.36. The van der Waals surface area contributed by atoms with Crippen molar-refractivity contribution < 1.29 is 5.11 Å². The minimum Gasteiger partial charge on any atom is -0.387 e. The number of thiophene rings is 1. The van der Waals surface area contributed by atoms with E-state index in [0.717, 1.165) is 10.7 Å². The predicted octanol–water partition coefficient (Wildman–Crippen LogP) is 1.81. The fraction of sp³-hybridized carbons (Fsp3) is 0.333. The van der Waals surface area contributed by atoms with E-state index in [0.29, 0.717) is 10.8 Å². The minimum absolute atomic E-state index is 0.452. The van der Waals surface area contributed by atoms with Gasteiger partial charge in [-0.3, -0.25) is 4.68 Å². The molecule has 0 aromatic carbocycles. The number of aryl methyl sites for hydroxylation is 1. The molecular weight excluding hydrogens is 234 g/mol. The third kappa shape index (κ3) is 2.37. The van der Waals surface area contributed by atoms with Crippen LogP contribution in [0.15, 0.2) is 18.5 Å². The lowest BCUT2D eigenvalue weighted by atomic mass is 10.2. The molecule has 80 valence electrons. The van der Waals surface area contributed by atoms with E-state index < -0.39 is 6.10 Å². The van der Waals surface area contributed by atoms with Crippen LogP contribution < -0.4 is 0 Å². The Kier molecular flexibility index (Phi) is 3.04. The Labute approximate surface area is 96.1 Å². The summed E-state index contributed by atoms with van der Waals surface area (Å²) in [4.78, 5) is 4.90. The molecule has 0 radical (unpaired) electrons. The van der Waals surface area contributed by atoms with Crippen molar-refractivity contribution in [1.29, 1.82) is 0 Å². The maximum Gasteiger partial charge on any atom is 0.138 e. The fourth-order valence-electron chi connectivity index (χ4n) is 1.29. The van der Waals surface area contributed by atoms with Gasteiger partial charge in [0.15, 0.2) is 0 Å². The second-order valence-corrected chi connectivity index (χ2v) is 4.91. The molecule has 0 saturated carbocycles. The molecule has 4 nitrogen and oxygen atoms in total. The number of hydrogen-bond acceptors (Lipinski definition) is 4. The zero-order valence-electron chi connectivity index (χ0n) is 8.09. The van der Waals surface area contributed by atoms with E-state index in [1.54, 1.807) is 17.8 Å². The normalized spacial score (nSPS) is 13.0. The van der Waals surface area contributed by atoms with Crippen LogP contribution >= 0.6 is 22.9 Å². The Balaban J connectivity index is 2.10. The third-order valence-corrected chi connectivity index (χ3v) is 3.44. The molecule has 0 aliphatic heterocycles. The number of halogens is 1.